The first kappa shape index (κ1) is 17.1. The molecule has 1 N–H and O–H groups in total. The standard InChI is InChI=1S/C17H23NO5/c1-12(17(20)21)18(13-5-6-13)16(19)4-3-11-23-15-9-7-14(22-2)8-10-15/h7-10,12-13H,3-6,11H2,1-2H3,(H,20,21). The molecule has 0 aliphatic heterocycles. The van der Waals surface area contributed by atoms with Gasteiger partial charge in [0.05, 0.1) is 13.7 Å². The fourth-order valence-corrected chi connectivity index (χ4v) is 2.42. The van der Waals surface area contributed by atoms with Crippen LogP contribution in [0.2, 0.25) is 0 Å². The van der Waals surface area contributed by atoms with E-state index < -0.39 is 12.0 Å². The zero-order valence-corrected chi connectivity index (χ0v) is 13.5. The quantitative estimate of drug-likeness (QED) is 0.706. The lowest BCUT2D eigenvalue weighted by atomic mass is 10.2. The van der Waals surface area contributed by atoms with E-state index in [-0.39, 0.29) is 11.9 Å². The number of carbonyl (C=O) groups excluding carboxylic acids is 1. The van der Waals surface area contributed by atoms with E-state index in [4.69, 9.17) is 14.6 Å². The van der Waals surface area contributed by atoms with Gasteiger partial charge in [-0.1, -0.05) is 0 Å². The van der Waals surface area contributed by atoms with Crippen LogP contribution in [0.25, 0.3) is 0 Å². The molecular formula is C17H23NO5. The van der Waals surface area contributed by atoms with E-state index in [0.29, 0.717) is 19.4 Å². The van der Waals surface area contributed by atoms with Gasteiger partial charge in [-0.15, -0.1) is 0 Å². The third kappa shape index (κ3) is 4.87. The summed E-state index contributed by atoms with van der Waals surface area (Å²) in [6, 6.07) is 6.56. The Hall–Kier alpha value is -2.24. The molecule has 1 unspecified atom stereocenters. The number of methoxy groups -OCH3 is 1. The molecule has 0 aromatic heterocycles. The molecule has 6 heteroatoms. The number of benzene rings is 1. The van der Waals surface area contributed by atoms with Crippen LogP contribution >= 0.6 is 0 Å². The van der Waals surface area contributed by atoms with Gasteiger partial charge in [0.2, 0.25) is 5.91 Å². The van der Waals surface area contributed by atoms with Crippen molar-refractivity contribution >= 4 is 11.9 Å². The minimum absolute atomic E-state index is 0.0936. The zero-order chi connectivity index (χ0) is 16.8. The Morgan fingerprint density at radius 1 is 1.26 bits per heavy atom. The van der Waals surface area contributed by atoms with E-state index in [0.717, 1.165) is 24.3 Å². The Bertz CT molecular complexity index is 538. The van der Waals surface area contributed by atoms with Gasteiger partial charge in [0.15, 0.2) is 0 Å². The van der Waals surface area contributed by atoms with Gasteiger partial charge in [-0.2, -0.15) is 0 Å². The van der Waals surface area contributed by atoms with E-state index in [1.54, 1.807) is 14.0 Å². The van der Waals surface area contributed by atoms with E-state index >= 15 is 0 Å². The van der Waals surface area contributed by atoms with Crippen LogP contribution in [0.5, 0.6) is 11.5 Å². The van der Waals surface area contributed by atoms with Gasteiger partial charge in [0.25, 0.3) is 0 Å². The van der Waals surface area contributed by atoms with E-state index in [9.17, 15) is 9.59 Å². The minimum Gasteiger partial charge on any atom is -0.497 e. The fraction of sp³-hybridized carbons (Fsp3) is 0.529. The number of ether oxygens (including phenoxy) is 2. The second kappa shape index (κ2) is 7.85. The minimum atomic E-state index is -0.959. The van der Waals surface area contributed by atoms with Gasteiger partial charge >= 0.3 is 5.97 Å². The van der Waals surface area contributed by atoms with E-state index in [2.05, 4.69) is 0 Å². The van der Waals surface area contributed by atoms with Gasteiger partial charge in [0.1, 0.15) is 17.5 Å². The molecule has 1 atom stereocenters. The van der Waals surface area contributed by atoms with Crippen molar-refractivity contribution in [1.29, 1.82) is 0 Å². The highest BCUT2D eigenvalue weighted by atomic mass is 16.5. The van der Waals surface area contributed by atoms with E-state index in [1.807, 2.05) is 24.3 Å². The van der Waals surface area contributed by atoms with Crippen LogP contribution in [0.1, 0.15) is 32.6 Å². The van der Waals surface area contributed by atoms with Crippen LogP contribution < -0.4 is 9.47 Å². The molecule has 1 aliphatic rings. The first-order valence-electron chi connectivity index (χ1n) is 7.83. The summed E-state index contributed by atoms with van der Waals surface area (Å²) in [7, 11) is 1.60. The molecule has 0 saturated heterocycles. The Labute approximate surface area is 136 Å². The molecule has 1 aromatic carbocycles. The highest BCUT2D eigenvalue weighted by Gasteiger charge is 2.37. The number of carbonyl (C=O) groups is 2. The summed E-state index contributed by atoms with van der Waals surface area (Å²) in [6.45, 7) is 1.98. The van der Waals surface area contributed by atoms with E-state index in [1.165, 1.54) is 4.90 Å². The lowest BCUT2D eigenvalue weighted by molar-refractivity contribution is -0.150. The van der Waals surface area contributed by atoms with Crippen molar-refractivity contribution in [3.8, 4) is 11.5 Å². The number of nitrogens with zero attached hydrogens (tertiary/aromatic N) is 1. The highest BCUT2D eigenvalue weighted by Crippen LogP contribution is 2.29. The molecular weight excluding hydrogens is 298 g/mol. The normalized spacial score (nSPS) is 14.9. The van der Waals surface area contributed by atoms with Crippen LogP contribution in [-0.4, -0.2) is 47.7 Å². The summed E-state index contributed by atoms with van der Waals surface area (Å²) < 4.78 is 10.6. The number of hydrogen-bond donors (Lipinski definition) is 1. The van der Waals surface area contributed by atoms with Crippen LogP contribution in [0, 0.1) is 0 Å². The highest BCUT2D eigenvalue weighted by molar-refractivity contribution is 5.83. The van der Waals surface area contributed by atoms with Crippen LogP contribution in [-0.2, 0) is 9.59 Å². The molecule has 1 saturated carbocycles. The van der Waals surface area contributed by atoms with Crippen molar-refractivity contribution in [2.24, 2.45) is 0 Å². The van der Waals surface area contributed by atoms with Crippen molar-refractivity contribution in [3.63, 3.8) is 0 Å². The molecule has 23 heavy (non-hydrogen) atoms. The second-order valence-electron chi connectivity index (χ2n) is 5.67. The Balaban J connectivity index is 1.75. The second-order valence-corrected chi connectivity index (χ2v) is 5.67. The van der Waals surface area contributed by atoms with Crippen molar-refractivity contribution in [2.75, 3.05) is 13.7 Å². The molecule has 0 radical (unpaired) electrons. The first-order chi connectivity index (χ1) is 11.0. The van der Waals surface area contributed by atoms with Crippen molar-refractivity contribution in [2.45, 2.75) is 44.7 Å². The zero-order valence-electron chi connectivity index (χ0n) is 13.5. The largest absolute Gasteiger partial charge is 0.497 e. The number of carboxylic acid groups (broad SMARTS) is 1. The smallest absolute Gasteiger partial charge is 0.326 e. The van der Waals surface area contributed by atoms with Crippen molar-refractivity contribution in [1.82, 2.24) is 4.90 Å². The van der Waals surface area contributed by atoms with Gasteiger partial charge in [-0.3, -0.25) is 4.79 Å². The van der Waals surface area contributed by atoms with Crippen molar-refractivity contribution in [3.05, 3.63) is 24.3 Å². The first-order valence-corrected chi connectivity index (χ1v) is 7.83. The number of hydrogen-bond acceptors (Lipinski definition) is 4. The Morgan fingerprint density at radius 2 is 1.87 bits per heavy atom. The molecule has 1 amide bonds. The Kier molecular flexibility index (Phi) is 5.84. The SMILES string of the molecule is COc1ccc(OCCCC(=O)N(C2CC2)C(C)C(=O)O)cc1. The third-order valence-corrected chi connectivity index (χ3v) is 3.87. The number of amides is 1. The molecule has 0 heterocycles. The summed E-state index contributed by atoms with van der Waals surface area (Å²) in [5.41, 5.74) is 0. The van der Waals surface area contributed by atoms with Crippen LogP contribution in [0.4, 0.5) is 0 Å². The van der Waals surface area contributed by atoms with Gasteiger partial charge in [-0.25, -0.2) is 4.79 Å². The molecule has 126 valence electrons. The molecule has 6 nitrogen and oxygen atoms in total. The number of rotatable bonds is 9. The lowest BCUT2D eigenvalue weighted by Crippen LogP contribution is -2.44. The average Bonchev–Trinajstić information content (AvgIpc) is 3.37. The number of carboxylic acids is 1. The summed E-state index contributed by atoms with van der Waals surface area (Å²) in [4.78, 5) is 24.9. The summed E-state index contributed by atoms with van der Waals surface area (Å²) >= 11 is 0. The Morgan fingerprint density at radius 3 is 2.39 bits per heavy atom. The van der Waals surface area contributed by atoms with Crippen LogP contribution in [0.15, 0.2) is 24.3 Å². The average molecular weight is 321 g/mol. The van der Waals surface area contributed by atoms with Gasteiger partial charge < -0.3 is 19.5 Å². The molecule has 1 aromatic rings. The predicted molar refractivity (Wildman–Crippen MR) is 84.7 cm³/mol. The summed E-state index contributed by atoms with van der Waals surface area (Å²) in [5.74, 6) is 0.409. The maximum absolute atomic E-state index is 12.3. The maximum atomic E-state index is 12.3. The molecule has 0 bridgehead atoms. The van der Waals surface area contributed by atoms with Crippen molar-refractivity contribution < 1.29 is 24.2 Å². The summed E-state index contributed by atoms with van der Waals surface area (Å²) in [5, 5.41) is 9.11. The summed E-state index contributed by atoms with van der Waals surface area (Å²) in [6.07, 6.45) is 2.64. The lowest BCUT2D eigenvalue weighted by Gasteiger charge is -2.26. The maximum Gasteiger partial charge on any atom is 0.326 e. The fourth-order valence-electron chi connectivity index (χ4n) is 2.42. The molecule has 2 rings (SSSR count). The molecule has 0 spiro atoms. The third-order valence-electron chi connectivity index (χ3n) is 3.87. The van der Waals surface area contributed by atoms with Gasteiger partial charge in [-0.05, 0) is 50.5 Å². The topological polar surface area (TPSA) is 76.1 Å². The molecule has 1 aliphatic carbocycles. The molecule has 1 fully saturated rings. The van der Waals surface area contributed by atoms with Gasteiger partial charge in [0, 0.05) is 12.5 Å². The predicted octanol–water partition coefficient (Wildman–Crippen LogP) is 2.32. The number of aliphatic carboxylic acids is 1. The van der Waals surface area contributed by atoms with Crippen LogP contribution in [0.3, 0.4) is 0 Å². The monoisotopic (exact) mass is 321 g/mol.